The van der Waals surface area contributed by atoms with Crippen LogP contribution in [0.2, 0.25) is 5.02 Å². The zero-order valence-corrected chi connectivity index (χ0v) is 9.73. The van der Waals surface area contributed by atoms with Crippen LogP contribution in [0.4, 0.5) is 0 Å². The summed E-state index contributed by atoms with van der Waals surface area (Å²) in [6.07, 6.45) is -1.53. The molecule has 6 nitrogen and oxygen atoms in total. The minimum Gasteiger partial charge on any atom is -0.454 e. The highest BCUT2D eigenvalue weighted by Crippen LogP contribution is 2.40. The SMILES string of the molecule is O=C1CC(=O)OC(c2cc3c(cc2Cl)OCO3)O1. The molecule has 0 saturated carbocycles. The molecule has 2 aliphatic rings. The number of cyclic esters (lactones) is 2. The van der Waals surface area contributed by atoms with Gasteiger partial charge in [0.25, 0.3) is 6.29 Å². The summed E-state index contributed by atoms with van der Waals surface area (Å²) >= 11 is 6.02. The Morgan fingerprint density at radius 2 is 1.67 bits per heavy atom. The van der Waals surface area contributed by atoms with Gasteiger partial charge in [-0.2, -0.15) is 0 Å². The topological polar surface area (TPSA) is 71.1 Å². The third-order valence-electron chi connectivity index (χ3n) is 2.51. The summed E-state index contributed by atoms with van der Waals surface area (Å²) in [6, 6.07) is 3.05. The molecule has 7 heteroatoms. The van der Waals surface area contributed by atoms with E-state index in [-0.39, 0.29) is 11.8 Å². The van der Waals surface area contributed by atoms with E-state index < -0.39 is 24.6 Å². The van der Waals surface area contributed by atoms with E-state index in [1.807, 2.05) is 0 Å². The van der Waals surface area contributed by atoms with Gasteiger partial charge in [-0.05, 0) is 6.07 Å². The maximum atomic E-state index is 11.2. The Labute approximate surface area is 106 Å². The van der Waals surface area contributed by atoms with E-state index in [1.54, 1.807) is 0 Å². The second kappa shape index (κ2) is 4.06. The number of carbonyl (C=O) groups is 2. The number of fused-ring (bicyclic) bond motifs is 1. The second-order valence-corrected chi connectivity index (χ2v) is 4.12. The predicted octanol–water partition coefficient (Wildman–Crippen LogP) is 1.56. The van der Waals surface area contributed by atoms with Crippen molar-refractivity contribution in [1.29, 1.82) is 0 Å². The summed E-state index contributed by atoms with van der Waals surface area (Å²) in [5.74, 6) is -0.334. The van der Waals surface area contributed by atoms with Crippen molar-refractivity contribution in [3.8, 4) is 11.5 Å². The van der Waals surface area contributed by atoms with Crippen molar-refractivity contribution in [1.82, 2.24) is 0 Å². The van der Waals surface area contributed by atoms with Gasteiger partial charge in [0.15, 0.2) is 11.5 Å². The fraction of sp³-hybridized carbons (Fsp3) is 0.273. The average Bonchev–Trinajstić information content (AvgIpc) is 2.73. The fourth-order valence-corrected chi connectivity index (χ4v) is 1.95. The van der Waals surface area contributed by atoms with Gasteiger partial charge in [0.1, 0.15) is 6.42 Å². The molecule has 0 spiro atoms. The molecule has 94 valence electrons. The van der Waals surface area contributed by atoms with Crippen LogP contribution in [0.15, 0.2) is 12.1 Å². The van der Waals surface area contributed by atoms with Crippen molar-refractivity contribution in [3.05, 3.63) is 22.7 Å². The first-order valence-corrected chi connectivity index (χ1v) is 5.49. The number of esters is 2. The summed E-state index contributed by atoms with van der Waals surface area (Å²) in [5, 5.41) is 0.270. The highest BCUT2D eigenvalue weighted by atomic mass is 35.5. The minimum absolute atomic E-state index is 0.0966. The van der Waals surface area contributed by atoms with Gasteiger partial charge < -0.3 is 18.9 Å². The van der Waals surface area contributed by atoms with E-state index >= 15 is 0 Å². The lowest BCUT2D eigenvalue weighted by Crippen LogP contribution is -2.26. The lowest BCUT2D eigenvalue weighted by atomic mass is 10.2. The van der Waals surface area contributed by atoms with E-state index in [0.717, 1.165) is 0 Å². The van der Waals surface area contributed by atoms with Crippen LogP contribution in [-0.4, -0.2) is 18.7 Å². The lowest BCUT2D eigenvalue weighted by molar-refractivity contribution is -0.204. The van der Waals surface area contributed by atoms with E-state index in [1.165, 1.54) is 12.1 Å². The van der Waals surface area contributed by atoms with Gasteiger partial charge in [0.2, 0.25) is 6.79 Å². The zero-order chi connectivity index (χ0) is 12.7. The number of halogens is 1. The van der Waals surface area contributed by atoms with Crippen LogP contribution in [0.3, 0.4) is 0 Å². The quantitative estimate of drug-likeness (QED) is 0.570. The summed E-state index contributed by atoms with van der Waals surface area (Å²) in [5.41, 5.74) is 0.349. The Hall–Kier alpha value is -1.95. The van der Waals surface area contributed by atoms with Crippen LogP contribution >= 0.6 is 11.6 Å². The molecule has 1 fully saturated rings. The zero-order valence-electron chi connectivity index (χ0n) is 8.97. The summed E-state index contributed by atoms with van der Waals surface area (Å²) < 4.78 is 20.2. The van der Waals surface area contributed by atoms with Gasteiger partial charge in [0, 0.05) is 6.07 Å². The number of hydrogen-bond acceptors (Lipinski definition) is 6. The van der Waals surface area contributed by atoms with Crippen molar-refractivity contribution in [2.45, 2.75) is 12.7 Å². The molecule has 2 aliphatic heterocycles. The number of hydrogen-bond donors (Lipinski definition) is 0. The molecule has 0 unspecified atom stereocenters. The molecule has 1 saturated heterocycles. The molecule has 1 aromatic carbocycles. The van der Waals surface area contributed by atoms with Gasteiger partial charge in [-0.1, -0.05) is 11.6 Å². The molecule has 0 bridgehead atoms. The Bertz CT molecular complexity index is 525. The number of carbonyl (C=O) groups excluding carboxylic acids is 2. The normalized spacial score (nSPS) is 18.5. The summed E-state index contributed by atoms with van der Waals surface area (Å²) in [4.78, 5) is 22.4. The van der Waals surface area contributed by atoms with Gasteiger partial charge >= 0.3 is 11.9 Å². The molecule has 0 N–H and O–H groups in total. The molecular weight excluding hydrogens is 264 g/mol. The molecule has 3 rings (SSSR count). The molecule has 0 aliphatic carbocycles. The Kier molecular flexibility index (Phi) is 2.52. The highest BCUT2D eigenvalue weighted by Gasteiger charge is 2.32. The molecule has 0 amide bonds. The Balaban J connectivity index is 1.96. The maximum Gasteiger partial charge on any atom is 0.320 e. The molecule has 0 radical (unpaired) electrons. The van der Waals surface area contributed by atoms with Crippen molar-refractivity contribution in [2.24, 2.45) is 0 Å². The Morgan fingerprint density at radius 1 is 1.06 bits per heavy atom. The van der Waals surface area contributed by atoms with E-state index in [4.69, 9.17) is 30.5 Å². The van der Waals surface area contributed by atoms with Crippen molar-refractivity contribution >= 4 is 23.5 Å². The van der Waals surface area contributed by atoms with Crippen LogP contribution in [-0.2, 0) is 19.1 Å². The third-order valence-corrected chi connectivity index (χ3v) is 2.84. The van der Waals surface area contributed by atoms with Crippen molar-refractivity contribution < 1.29 is 28.5 Å². The van der Waals surface area contributed by atoms with E-state index in [9.17, 15) is 9.59 Å². The largest absolute Gasteiger partial charge is 0.454 e. The van der Waals surface area contributed by atoms with Gasteiger partial charge in [-0.25, -0.2) is 0 Å². The maximum absolute atomic E-state index is 11.2. The van der Waals surface area contributed by atoms with Crippen LogP contribution in [0, 0.1) is 0 Å². The molecule has 1 aromatic rings. The van der Waals surface area contributed by atoms with Crippen molar-refractivity contribution in [2.75, 3.05) is 6.79 Å². The van der Waals surface area contributed by atoms with Crippen molar-refractivity contribution in [3.63, 3.8) is 0 Å². The van der Waals surface area contributed by atoms with Gasteiger partial charge in [0.05, 0.1) is 10.6 Å². The molecule has 2 heterocycles. The first-order chi connectivity index (χ1) is 8.63. The number of rotatable bonds is 1. The first-order valence-electron chi connectivity index (χ1n) is 5.11. The second-order valence-electron chi connectivity index (χ2n) is 3.72. The third kappa shape index (κ3) is 1.84. The fourth-order valence-electron chi connectivity index (χ4n) is 1.70. The Morgan fingerprint density at radius 3 is 2.33 bits per heavy atom. The monoisotopic (exact) mass is 270 g/mol. The predicted molar refractivity (Wildman–Crippen MR) is 57.1 cm³/mol. The van der Waals surface area contributed by atoms with Crippen LogP contribution in [0.25, 0.3) is 0 Å². The number of ether oxygens (including phenoxy) is 4. The molecule has 18 heavy (non-hydrogen) atoms. The highest BCUT2D eigenvalue weighted by molar-refractivity contribution is 6.31. The lowest BCUT2D eigenvalue weighted by Gasteiger charge is -2.23. The molecule has 0 atom stereocenters. The molecule has 0 aromatic heterocycles. The van der Waals surface area contributed by atoms with Crippen LogP contribution < -0.4 is 9.47 Å². The smallest absolute Gasteiger partial charge is 0.320 e. The molecular formula is C11H7ClO6. The van der Waals surface area contributed by atoms with E-state index in [2.05, 4.69) is 0 Å². The van der Waals surface area contributed by atoms with Gasteiger partial charge in [-0.3, -0.25) is 9.59 Å². The average molecular weight is 271 g/mol. The standard InChI is InChI=1S/C11H7ClO6/c12-6-2-8-7(15-4-16-8)1-5(6)11-17-9(13)3-10(14)18-11/h1-2,11H,3-4H2. The summed E-state index contributed by atoms with van der Waals surface area (Å²) in [6.45, 7) is 0.0966. The summed E-state index contributed by atoms with van der Waals surface area (Å²) in [7, 11) is 0. The van der Waals surface area contributed by atoms with Crippen LogP contribution in [0.5, 0.6) is 11.5 Å². The number of benzene rings is 1. The van der Waals surface area contributed by atoms with Crippen LogP contribution in [0.1, 0.15) is 18.3 Å². The first kappa shape index (κ1) is 11.2. The van der Waals surface area contributed by atoms with Gasteiger partial charge in [-0.15, -0.1) is 0 Å². The minimum atomic E-state index is -1.14. The van der Waals surface area contributed by atoms with E-state index in [0.29, 0.717) is 17.1 Å².